The lowest BCUT2D eigenvalue weighted by Gasteiger charge is -1.91. The zero-order valence-electron chi connectivity index (χ0n) is 6.96. The van der Waals surface area contributed by atoms with Crippen LogP contribution in [0, 0.1) is 6.92 Å². The molecule has 0 radical (unpaired) electrons. The Bertz CT molecular complexity index is 371. The van der Waals surface area contributed by atoms with Crippen LogP contribution in [0.15, 0.2) is 12.7 Å². The van der Waals surface area contributed by atoms with Gasteiger partial charge in [0.25, 0.3) is 0 Å². The van der Waals surface area contributed by atoms with E-state index in [0.717, 1.165) is 16.5 Å². The summed E-state index contributed by atoms with van der Waals surface area (Å²) in [5.74, 6) is 0.975. The van der Waals surface area contributed by atoms with Crippen molar-refractivity contribution in [3.63, 3.8) is 0 Å². The van der Waals surface area contributed by atoms with Crippen LogP contribution in [0.5, 0.6) is 0 Å². The third-order valence-corrected chi connectivity index (χ3v) is 1.71. The fraction of sp³-hybridized carbons (Fsp3) is 0.222. The molecule has 0 amide bonds. The maximum absolute atomic E-state index is 4.20. The molecule has 0 aromatic carbocycles. The van der Waals surface area contributed by atoms with Crippen LogP contribution in [0.25, 0.3) is 12.7 Å². The monoisotopic (exact) mass is 148 g/mol. The first kappa shape index (κ1) is 7.79. The summed E-state index contributed by atoms with van der Waals surface area (Å²) in [6.45, 7) is 9.39. The molecule has 2 nitrogen and oxygen atoms in total. The molecule has 0 atom stereocenters. The van der Waals surface area contributed by atoms with Crippen molar-refractivity contribution in [3.8, 4) is 0 Å². The molecule has 11 heavy (non-hydrogen) atoms. The highest BCUT2D eigenvalue weighted by Gasteiger charge is 1.94. The minimum absolute atomic E-state index is 0.810. The van der Waals surface area contributed by atoms with Crippen molar-refractivity contribution in [1.29, 1.82) is 0 Å². The van der Waals surface area contributed by atoms with Gasteiger partial charge in [0.15, 0.2) is 0 Å². The maximum atomic E-state index is 4.20. The number of allylic oxidation sites excluding steroid dienone is 1. The van der Waals surface area contributed by atoms with E-state index in [1.54, 1.807) is 6.08 Å². The highest BCUT2D eigenvalue weighted by atomic mass is 15.0. The predicted molar refractivity (Wildman–Crippen MR) is 47.4 cm³/mol. The van der Waals surface area contributed by atoms with Crippen molar-refractivity contribution in [2.45, 2.75) is 6.92 Å². The van der Waals surface area contributed by atoms with E-state index in [0.29, 0.717) is 0 Å². The Labute approximate surface area is 66.2 Å². The number of imidazole rings is 1. The van der Waals surface area contributed by atoms with Gasteiger partial charge in [0.05, 0.1) is 10.7 Å². The Hall–Kier alpha value is -1.31. The number of aromatic nitrogens is 2. The van der Waals surface area contributed by atoms with Crippen molar-refractivity contribution < 1.29 is 0 Å². The Kier molecular flexibility index (Phi) is 1.94. The van der Waals surface area contributed by atoms with Crippen LogP contribution in [-0.2, 0) is 7.05 Å². The van der Waals surface area contributed by atoms with Gasteiger partial charge in [-0.2, -0.15) is 0 Å². The third-order valence-electron chi connectivity index (χ3n) is 1.71. The van der Waals surface area contributed by atoms with Crippen molar-refractivity contribution in [1.82, 2.24) is 9.55 Å². The van der Waals surface area contributed by atoms with Crippen LogP contribution in [0.1, 0.15) is 5.82 Å². The number of hydrogen-bond acceptors (Lipinski definition) is 1. The highest BCUT2D eigenvalue weighted by molar-refractivity contribution is 5.33. The molecule has 0 saturated heterocycles. The molecule has 0 aliphatic rings. The zero-order valence-corrected chi connectivity index (χ0v) is 6.96. The fourth-order valence-corrected chi connectivity index (χ4v) is 1.02. The van der Waals surface area contributed by atoms with Crippen molar-refractivity contribution in [3.05, 3.63) is 29.2 Å². The summed E-state index contributed by atoms with van der Waals surface area (Å²) in [6, 6.07) is 0. The molecule has 0 N–H and O–H groups in total. The van der Waals surface area contributed by atoms with E-state index in [9.17, 15) is 0 Å². The van der Waals surface area contributed by atoms with Gasteiger partial charge in [0.2, 0.25) is 0 Å². The molecule has 0 aliphatic carbocycles. The molecule has 0 fully saturated rings. The second-order valence-corrected chi connectivity index (χ2v) is 2.45. The maximum Gasteiger partial charge on any atom is 0.106 e. The smallest absolute Gasteiger partial charge is 0.106 e. The van der Waals surface area contributed by atoms with E-state index in [1.807, 2.05) is 24.6 Å². The van der Waals surface area contributed by atoms with Crippen LogP contribution in [-0.4, -0.2) is 9.55 Å². The molecule has 0 bridgehead atoms. The number of nitrogens with zero attached hydrogens (tertiary/aromatic N) is 2. The number of hydrogen-bond donors (Lipinski definition) is 0. The summed E-state index contributed by atoms with van der Waals surface area (Å²) in [5.41, 5.74) is 0. The van der Waals surface area contributed by atoms with Gasteiger partial charge in [-0.3, -0.25) is 0 Å². The Morgan fingerprint density at radius 3 is 2.55 bits per heavy atom. The van der Waals surface area contributed by atoms with Crippen LogP contribution >= 0.6 is 0 Å². The van der Waals surface area contributed by atoms with Crippen molar-refractivity contribution in [2.75, 3.05) is 0 Å². The quantitative estimate of drug-likeness (QED) is 0.552. The van der Waals surface area contributed by atoms with Gasteiger partial charge < -0.3 is 4.57 Å². The molecule has 1 aromatic heterocycles. The Balaban J connectivity index is 3.59. The van der Waals surface area contributed by atoms with Crippen LogP contribution in [0.2, 0.25) is 0 Å². The van der Waals surface area contributed by atoms with Gasteiger partial charge in [-0.15, -0.1) is 0 Å². The molecular formula is C9H12N2. The molecule has 58 valence electrons. The van der Waals surface area contributed by atoms with Crippen LogP contribution in [0.4, 0.5) is 0 Å². The fourth-order valence-electron chi connectivity index (χ4n) is 1.02. The average Bonchev–Trinajstić information content (AvgIpc) is 2.17. The summed E-state index contributed by atoms with van der Waals surface area (Å²) in [7, 11) is 1.96. The molecule has 1 aromatic rings. The third kappa shape index (κ3) is 1.24. The SMILES string of the molecule is C=C/C=c1\c(=C)nc(C)n1C. The van der Waals surface area contributed by atoms with Gasteiger partial charge in [-0.25, -0.2) is 4.98 Å². The molecule has 0 aliphatic heterocycles. The average molecular weight is 148 g/mol. The standard InChI is InChI=1S/C9H12N2/c1-5-6-9-7(2)10-8(3)11(9)4/h5-6H,1-2H2,3-4H3/b9-6+. The lowest BCUT2D eigenvalue weighted by atomic mass is 10.5. The minimum Gasteiger partial charge on any atom is -0.331 e. The number of aryl methyl sites for hydroxylation is 1. The lowest BCUT2D eigenvalue weighted by molar-refractivity contribution is 0.833. The largest absolute Gasteiger partial charge is 0.331 e. The summed E-state index contributed by atoms with van der Waals surface area (Å²) in [4.78, 5) is 4.20. The van der Waals surface area contributed by atoms with Crippen LogP contribution < -0.4 is 10.7 Å². The highest BCUT2D eigenvalue weighted by Crippen LogP contribution is 1.78. The Morgan fingerprint density at radius 1 is 1.55 bits per heavy atom. The summed E-state index contributed by atoms with van der Waals surface area (Å²) in [5, 5.41) is 1.84. The molecule has 0 spiro atoms. The molecular weight excluding hydrogens is 136 g/mol. The van der Waals surface area contributed by atoms with Gasteiger partial charge in [0, 0.05) is 7.05 Å². The summed E-state index contributed by atoms with van der Waals surface area (Å²) < 4.78 is 1.99. The van der Waals surface area contributed by atoms with Gasteiger partial charge >= 0.3 is 0 Å². The van der Waals surface area contributed by atoms with E-state index < -0.39 is 0 Å². The molecule has 1 heterocycles. The second kappa shape index (κ2) is 2.74. The molecule has 1 rings (SSSR count). The Morgan fingerprint density at radius 2 is 2.18 bits per heavy atom. The van der Waals surface area contributed by atoms with E-state index in [4.69, 9.17) is 0 Å². The lowest BCUT2D eigenvalue weighted by Crippen LogP contribution is -2.27. The second-order valence-electron chi connectivity index (χ2n) is 2.45. The van der Waals surface area contributed by atoms with E-state index in [-0.39, 0.29) is 0 Å². The topological polar surface area (TPSA) is 17.8 Å². The van der Waals surface area contributed by atoms with Crippen LogP contribution in [0.3, 0.4) is 0 Å². The van der Waals surface area contributed by atoms with E-state index >= 15 is 0 Å². The van der Waals surface area contributed by atoms with E-state index in [1.165, 1.54) is 0 Å². The van der Waals surface area contributed by atoms with Gasteiger partial charge in [-0.05, 0) is 13.0 Å². The van der Waals surface area contributed by atoms with E-state index in [2.05, 4.69) is 18.1 Å². The van der Waals surface area contributed by atoms with Gasteiger partial charge in [-0.1, -0.05) is 19.2 Å². The predicted octanol–water partition coefficient (Wildman–Crippen LogP) is 0.105. The normalized spacial score (nSPS) is 12.0. The first-order valence-corrected chi connectivity index (χ1v) is 3.48. The zero-order chi connectivity index (χ0) is 8.43. The first-order chi connectivity index (χ1) is 5.16. The summed E-state index contributed by atoms with van der Waals surface area (Å²) >= 11 is 0. The molecule has 0 unspecified atom stereocenters. The van der Waals surface area contributed by atoms with Crippen molar-refractivity contribution in [2.24, 2.45) is 7.05 Å². The summed E-state index contributed by atoms with van der Waals surface area (Å²) in [6.07, 6.45) is 3.65. The first-order valence-electron chi connectivity index (χ1n) is 3.48. The van der Waals surface area contributed by atoms with Crippen molar-refractivity contribution >= 4 is 12.7 Å². The number of rotatable bonds is 1. The van der Waals surface area contributed by atoms with Gasteiger partial charge in [0.1, 0.15) is 5.82 Å². The minimum atomic E-state index is 0.810. The molecule has 0 saturated carbocycles. The molecule has 2 heteroatoms.